The van der Waals surface area contributed by atoms with Gasteiger partial charge in [0.2, 0.25) is 0 Å². The SMILES string of the molecule is COc1cccc2[nH]c3c(c12)CC(C)CC3=O. The van der Waals surface area contributed by atoms with Crippen molar-refractivity contribution in [3.8, 4) is 5.75 Å². The highest BCUT2D eigenvalue weighted by Crippen LogP contribution is 2.36. The molecule has 0 fully saturated rings. The van der Waals surface area contributed by atoms with Crippen LogP contribution in [-0.2, 0) is 6.42 Å². The van der Waals surface area contributed by atoms with Gasteiger partial charge in [0.1, 0.15) is 5.75 Å². The first-order chi connectivity index (χ1) is 8.20. The normalized spacial score (nSPS) is 19.4. The number of ether oxygens (including phenoxy) is 1. The van der Waals surface area contributed by atoms with E-state index in [1.54, 1.807) is 7.11 Å². The van der Waals surface area contributed by atoms with E-state index in [2.05, 4.69) is 11.9 Å². The Morgan fingerprint density at radius 3 is 2.94 bits per heavy atom. The van der Waals surface area contributed by atoms with Crippen LogP contribution < -0.4 is 4.74 Å². The van der Waals surface area contributed by atoms with E-state index < -0.39 is 0 Å². The number of aromatic nitrogens is 1. The zero-order valence-corrected chi connectivity index (χ0v) is 10.0. The summed E-state index contributed by atoms with van der Waals surface area (Å²) >= 11 is 0. The molecule has 1 aromatic carbocycles. The van der Waals surface area contributed by atoms with Crippen molar-refractivity contribution >= 4 is 16.7 Å². The lowest BCUT2D eigenvalue weighted by Gasteiger charge is -2.17. The molecule has 0 spiro atoms. The number of rotatable bonds is 1. The monoisotopic (exact) mass is 229 g/mol. The minimum Gasteiger partial charge on any atom is -0.496 e. The van der Waals surface area contributed by atoms with Crippen molar-refractivity contribution in [2.45, 2.75) is 19.8 Å². The van der Waals surface area contributed by atoms with Crippen LogP contribution in [0.3, 0.4) is 0 Å². The lowest BCUT2D eigenvalue weighted by molar-refractivity contribution is 0.0949. The molecular formula is C14H15NO2. The van der Waals surface area contributed by atoms with E-state index in [1.807, 2.05) is 18.2 Å². The number of fused-ring (bicyclic) bond motifs is 3. The van der Waals surface area contributed by atoms with Crippen LogP contribution in [0, 0.1) is 5.92 Å². The van der Waals surface area contributed by atoms with Crippen LogP contribution in [-0.4, -0.2) is 17.9 Å². The number of carbonyl (C=O) groups is 1. The average molecular weight is 229 g/mol. The van der Waals surface area contributed by atoms with Gasteiger partial charge < -0.3 is 9.72 Å². The van der Waals surface area contributed by atoms with Gasteiger partial charge in [-0.25, -0.2) is 0 Å². The molecule has 0 saturated heterocycles. The second-order valence-corrected chi connectivity index (χ2v) is 4.80. The summed E-state index contributed by atoms with van der Waals surface area (Å²) in [5.74, 6) is 1.48. The molecule has 2 aromatic rings. The third-order valence-electron chi connectivity index (χ3n) is 3.47. The Balaban J connectivity index is 2.33. The van der Waals surface area contributed by atoms with Gasteiger partial charge in [0.25, 0.3) is 0 Å². The van der Waals surface area contributed by atoms with Crippen molar-refractivity contribution in [3.05, 3.63) is 29.5 Å². The van der Waals surface area contributed by atoms with Crippen molar-refractivity contribution in [1.82, 2.24) is 4.98 Å². The summed E-state index contributed by atoms with van der Waals surface area (Å²) in [7, 11) is 1.67. The number of nitrogens with one attached hydrogen (secondary N) is 1. The number of Topliss-reactive ketones (excluding diaryl/α,β-unsaturated/α-hetero) is 1. The third kappa shape index (κ3) is 1.46. The topological polar surface area (TPSA) is 42.1 Å². The highest BCUT2D eigenvalue weighted by atomic mass is 16.5. The summed E-state index contributed by atoms with van der Waals surface area (Å²) in [6.07, 6.45) is 1.59. The van der Waals surface area contributed by atoms with Crippen molar-refractivity contribution in [2.75, 3.05) is 7.11 Å². The molecule has 0 aliphatic heterocycles. The molecule has 1 N–H and O–H groups in total. The Bertz CT molecular complexity index is 598. The Kier molecular flexibility index (Phi) is 2.21. The molecule has 1 aliphatic rings. The van der Waals surface area contributed by atoms with Crippen LogP contribution in [0.1, 0.15) is 29.4 Å². The zero-order chi connectivity index (χ0) is 12.0. The molecule has 17 heavy (non-hydrogen) atoms. The number of hydrogen-bond acceptors (Lipinski definition) is 2. The smallest absolute Gasteiger partial charge is 0.179 e. The van der Waals surface area contributed by atoms with Crippen LogP contribution >= 0.6 is 0 Å². The molecule has 88 valence electrons. The number of methoxy groups -OCH3 is 1. The average Bonchev–Trinajstić information content (AvgIpc) is 2.68. The van der Waals surface area contributed by atoms with E-state index >= 15 is 0 Å². The molecule has 1 aromatic heterocycles. The van der Waals surface area contributed by atoms with E-state index in [0.717, 1.165) is 34.3 Å². The molecule has 3 rings (SSSR count). The molecule has 1 aliphatic carbocycles. The maximum atomic E-state index is 12.0. The summed E-state index contributed by atoms with van der Waals surface area (Å²) in [4.78, 5) is 15.2. The fraction of sp³-hybridized carbons (Fsp3) is 0.357. The molecule has 0 radical (unpaired) electrons. The molecule has 1 unspecified atom stereocenters. The van der Waals surface area contributed by atoms with Gasteiger partial charge in [-0.15, -0.1) is 0 Å². The second-order valence-electron chi connectivity index (χ2n) is 4.80. The molecule has 1 atom stereocenters. The molecule has 0 amide bonds. The highest BCUT2D eigenvalue weighted by Gasteiger charge is 2.27. The van der Waals surface area contributed by atoms with E-state index in [4.69, 9.17) is 4.74 Å². The minimum absolute atomic E-state index is 0.219. The fourth-order valence-corrected chi connectivity index (χ4v) is 2.73. The molecule has 0 saturated carbocycles. The van der Waals surface area contributed by atoms with Gasteiger partial charge in [-0.05, 0) is 30.0 Å². The van der Waals surface area contributed by atoms with Crippen LogP contribution in [0.25, 0.3) is 10.9 Å². The Labute approximate surface area is 99.8 Å². The van der Waals surface area contributed by atoms with Crippen LogP contribution in [0.5, 0.6) is 5.75 Å². The van der Waals surface area contributed by atoms with Crippen LogP contribution in [0.2, 0.25) is 0 Å². The number of hydrogen-bond donors (Lipinski definition) is 1. The van der Waals surface area contributed by atoms with E-state index in [9.17, 15) is 4.79 Å². The number of aromatic amines is 1. The first-order valence-corrected chi connectivity index (χ1v) is 5.91. The largest absolute Gasteiger partial charge is 0.496 e. The van der Waals surface area contributed by atoms with Crippen molar-refractivity contribution in [3.63, 3.8) is 0 Å². The van der Waals surface area contributed by atoms with E-state index in [0.29, 0.717) is 12.3 Å². The lowest BCUT2D eigenvalue weighted by atomic mass is 9.87. The molecule has 3 nitrogen and oxygen atoms in total. The summed E-state index contributed by atoms with van der Waals surface area (Å²) in [6.45, 7) is 2.12. The summed E-state index contributed by atoms with van der Waals surface area (Å²) in [6, 6.07) is 5.88. The maximum Gasteiger partial charge on any atom is 0.179 e. The van der Waals surface area contributed by atoms with E-state index in [-0.39, 0.29) is 5.78 Å². The molecule has 0 bridgehead atoms. The van der Waals surface area contributed by atoms with E-state index in [1.165, 1.54) is 0 Å². The number of carbonyl (C=O) groups excluding carboxylic acids is 1. The van der Waals surface area contributed by atoms with Crippen molar-refractivity contribution in [1.29, 1.82) is 0 Å². The van der Waals surface area contributed by atoms with Crippen molar-refractivity contribution in [2.24, 2.45) is 5.92 Å². The minimum atomic E-state index is 0.219. The first kappa shape index (κ1) is 10.4. The van der Waals surface area contributed by atoms with Crippen LogP contribution in [0.4, 0.5) is 0 Å². The maximum absolute atomic E-state index is 12.0. The quantitative estimate of drug-likeness (QED) is 0.816. The number of H-pyrrole nitrogens is 1. The summed E-state index contributed by atoms with van der Waals surface area (Å²) in [5, 5.41) is 1.07. The Hall–Kier alpha value is -1.77. The van der Waals surface area contributed by atoms with Crippen molar-refractivity contribution < 1.29 is 9.53 Å². The van der Waals surface area contributed by atoms with Gasteiger partial charge in [0, 0.05) is 17.3 Å². The standard InChI is InChI=1S/C14H15NO2/c1-8-6-9-13-10(4-3-5-12(13)17-2)15-14(9)11(16)7-8/h3-5,8,15H,6-7H2,1-2H3. The van der Waals surface area contributed by atoms with Gasteiger partial charge in [0.05, 0.1) is 12.8 Å². The Morgan fingerprint density at radius 2 is 2.18 bits per heavy atom. The lowest BCUT2D eigenvalue weighted by Crippen LogP contribution is -2.17. The fourth-order valence-electron chi connectivity index (χ4n) is 2.73. The van der Waals surface area contributed by atoms with Crippen LogP contribution in [0.15, 0.2) is 18.2 Å². The molecule has 1 heterocycles. The zero-order valence-electron chi connectivity index (χ0n) is 10.0. The van der Waals surface area contributed by atoms with Gasteiger partial charge in [-0.1, -0.05) is 13.0 Å². The van der Waals surface area contributed by atoms with Gasteiger partial charge in [-0.3, -0.25) is 4.79 Å². The van der Waals surface area contributed by atoms with Gasteiger partial charge >= 0.3 is 0 Å². The summed E-state index contributed by atoms with van der Waals surface area (Å²) < 4.78 is 5.39. The predicted octanol–water partition coefficient (Wildman–Crippen LogP) is 2.94. The van der Waals surface area contributed by atoms with Gasteiger partial charge in [0.15, 0.2) is 5.78 Å². The first-order valence-electron chi connectivity index (χ1n) is 5.91. The molecule has 3 heteroatoms. The molecular weight excluding hydrogens is 214 g/mol. The Morgan fingerprint density at radius 1 is 1.35 bits per heavy atom. The highest BCUT2D eigenvalue weighted by molar-refractivity contribution is 6.05. The van der Waals surface area contributed by atoms with Gasteiger partial charge in [-0.2, -0.15) is 0 Å². The number of benzene rings is 1. The summed E-state index contributed by atoms with van der Waals surface area (Å²) in [5.41, 5.74) is 2.90. The third-order valence-corrected chi connectivity index (χ3v) is 3.47. The predicted molar refractivity (Wildman–Crippen MR) is 66.7 cm³/mol. The number of ketones is 1. The second kappa shape index (κ2) is 3.62.